The smallest absolute Gasteiger partial charge is 0.370 e. The van der Waals surface area contributed by atoms with E-state index >= 15 is 0 Å². The molecule has 2 aromatic rings. The fourth-order valence-electron chi connectivity index (χ4n) is 5.26. The molecule has 4 rings (SSSR count). The van der Waals surface area contributed by atoms with E-state index in [0.29, 0.717) is 64.2 Å². The first kappa shape index (κ1) is 33.1. The van der Waals surface area contributed by atoms with Gasteiger partial charge in [0.25, 0.3) is 0 Å². The lowest BCUT2D eigenvalue weighted by atomic mass is 9.93. The lowest BCUT2D eigenvalue weighted by Gasteiger charge is -2.41. The molecule has 1 unspecified atom stereocenters. The molecule has 3 heterocycles. The Labute approximate surface area is 259 Å². The van der Waals surface area contributed by atoms with Crippen LogP contribution >= 0.6 is 0 Å². The molecule has 13 nitrogen and oxygen atoms in total. The zero-order valence-corrected chi connectivity index (χ0v) is 24.8. The van der Waals surface area contributed by atoms with Gasteiger partial charge in [0.1, 0.15) is 17.7 Å². The summed E-state index contributed by atoms with van der Waals surface area (Å²) in [5.74, 6) is -1.15. The molecule has 2 fully saturated rings. The van der Waals surface area contributed by atoms with Crippen molar-refractivity contribution in [3.05, 3.63) is 47.3 Å². The molecule has 0 spiro atoms. The monoisotopic (exact) mass is 629 g/mol. The van der Waals surface area contributed by atoms with Crippen LogP contribution in [0.4, 0.5) is 29.6 Å². The van der Waals surface area contributed by atoms with Crippen LogP contribution in [0.3, 0.4) is 0 Å². The Morgan fingerprint density at radius 3 is 2.24 bits per heavy atom. The second-order valence-corrected chi connectivity index (χ2v) is 11.0. The number of piperidine rings is 1. The minimum atomic E-state index is -4.75. The molecule has 0 aliphatic carbocycles. The lowest BCUT2D eigenvalue weighted by Crippen LogP contribution is -2.57. The van der Waals surface area contributed by atoms with E-state index in [-0.39, 0.29) is 35.5 Å². The highest BCUT2D eigenvalue weighted by atomic mass is 19.4. The summed E-state index contributed by atoms with van der Waals surface area (Å²) >= 11 is 0. The Hall–Kier alpha value is -4.81. The number of nitriles is 1. The number of aromatic nitrogens is 2. The molecule has 7 N–H and O–H groups in total. The highest BCUT2D eigenvalue weighted by Gasteiger charge is 2.40. The van der Waals surface area contributed by atoms with Crippen LogP contribution in [-0.2, 0) is 17.4 Å². The molecule has 2 aliphatic rings. The van der Waals surface area contributed by atoms with Crippen LogP contribution in [0.2, 0.25) is 0 Å². The topological polar surface area (TPSA) is 188 Å². The molecule has 1 aromatic heterocycles. The van der Waals surface area contributed by atoms with Gasteiger partial charge in [-0.15, -0.1) is 0 Å². The number of benzene rings is 1. The number of nitrogens with one attached hydrogen (secondary N) is 5. The van der Waals surface area contributed by atoms with Crippen LogP contribution in [-0.4, -0.2) is 79.7 Å². The van der Waals surface area contributed by atoms with Gasteiger partial charge in [-0.25, -0.2) is 14.8 Å². The third-order valence-corrected chi connectivity index (χ3v) is 7.87. The van der Waals surface area contributed by atoms with Gasteiger partial charge in [0.05, 0.1) is 11.6 Å². The highest BCUT2D eigenvalue weighted by Crippen LogP contribution is 2.34. The minimum absolute atomic E-state index is 0.0710. The maximum Gasteiger partial charge on any atom is 0.451 e. The van der Waals surface area contributed by atoms with Gasteiger partial charge in [0.15, 0.2) is 5.96 Å². The Bertz CT molecular complexity index is 1370. The van der Waals surface area contributed by atoms with E-state index in [4.69, 9.17) is 16.4 Å². The normalized spacial score (nSPS) is 16.7. The lowest BCUT2D eigenvalue weighted by molar-refractivity contribution is -0.144. The third kappa shape index (κ3) is 9.59. The van der Waals surface area contributed by atoms with Gasteiger partial charge in [-0.05, 0) is 55.7 Å². The van der Waals surface area contributed by atoms with Crippen molar-refractivity contribution in [1.82, 2.24) is 31.2 Å². The van der Waals surface area contributed by atoms with Crippen molar-refractivity contribution in [1.29, 1.82) is 10.7 Å². The van der Waals surface area contributed by atoms with Crippen molar-refractivity contribution in [2.75, 3.05) is 55.6 Å². The first-order valence-electron chi connectivity index (χ1n) is 14.9. The summed E-state index contributed by atoms with van der Waals surface area (Å²) in [5, 5.41) is 26.9. The van der Waals surface area contributed by atoms with E-state index in [9.17, 15) is 22.8 Å². The van der Waals surface area contributed by atoms with Crippen LogP contribution in [0.1, 0.15) is 42.6 Å². The number of halogens is 3. The summed E-state index contributed by atoms with van der Waals surface area (Å²) in [7, 11) is 0. The van der Waals surface area contributed by atoms with Crippen molar-refractivity contribution in [3.8, 4) is 6.07 Å². The summed E-state index contributed by atoms with van der Waals surface area (Å²) in [6.45, 7) is 2.87. The number of nitrogens with two attached hydrogens (primary N) is 1. The highest BCUT2D eigenvalue weighted by molar-refractivity contribution is 5.86. The average Bonchev–Trinajstić information content (AvgIpc) is 2.99. The largest absolute Gasteiger partial charge is 0.451 e. The number of guanidine groups is 1. The molecule has 2 aliphatic heterocycles. The van der Waals surface area contributed by atoms with Crippen molar-refractivity contribution < 1.29 is 22.8 Å². The molecule has 0 saturated carbocycles. The van der Waals surface area contributed by atoms with E-state index in [1.165, 1.54) is 6.07 Å². The third-order valence-electron chi connectivity index (χ3n) is 7.87. The number of hydrogen-bond donors (Lipinski definition) is 6. The van der Waals surface area contributed by atoms with Gasteiger partial charge in [0, 0.05) is 51.9 Å². The summed E-state index contributed by atoms with van der Waals surface area (Å²) in [4.78, 5) is 35.8. The van der Waals surface area contributed by atoms with Gasteiger partial charge < -0.3 is 36.8 Å². The second-order valence-electron chi connectivity index (χ2n) is 11.0. The van der Waals surface area contributed by atoms with Crippen molar-refractivity contribution in [2.45, 2.75) is 44.3 Å². The average molecular weight is 630 g/mol. The molecule has 2 saturated heterocycles. The standard InChI is InChI=1S/C29H38F3N11O2/c30-29(31,32)26-40-23(42-14-7-20(8-15-42)6-11-38-28(45)39-13-12-37-27(34)35)17-24(41-26)43-16-9-22(43)25(44)36-10-5-19-1-3-21(18-33)4-2-19/h1-4,17,20,22H,5-16H2,(H,36,44)(H4,34,35,37)(H2,38,39,45). The maximum absolute atomic E-state index is 13.8. The Kier molecular flexibility index (Phi) is 11.2. The maximum atomic E-state index is 13.8. The number of urea groups is 1. The van der Waals surface area contributed by atoms with E-state index in [2.05, 4.69) is 37.3 Å². The van der Waals surface area contributed by atoms with Crippen LogP contribution in [0, 0.1) is 22.7 Å². The van der Waals surface area contributed by atoms with Crippen molar-refractivity contribution in [3.63, 3.8) is 0 Å². The number of alkyl halides is 3. The van der Waals surface area contributed by atoms with E-state index in [1.807, 2.05) is 17.0 Å². The fourth-order valence-corrected chi connectivity index (χ4v) is 5.26. The first-order chi connectivity index (χ1) is 21.5. The SMILES string of the molecule is N#Cc1ccc(CCNC(=O)C2CCN2c2cc(N3CCC(CCNC(=O)NCCNC(=N)N)CC3)nc(C(F)(F)F)n2)cc1. The van der Waals surface area contributed by atoms with Gasteiger partial charge in [-0.3, -0.25) is 10.2 Å². The number of nitrogens with zero attached hydrogens (tertiary/aromatic N) is 5. The van der Waals surface area contributed by atoms with E-state index in [0.717, 1.165) is 24.8 Å². The molecule has 0 bridgehead atoms. The van der Waals surface area contributed by atoms with Gasteiger partial charge in [0.2, 0.25) is 11.7 Å². The molecule has 1 atom stereocenters. The summed E-state index contributed by atoms with van der Waals surface area (Å²) < 4.78 is 41.4. The summed E-state index contributed by atoms with van der Waals surface area (Å²) in [6.07, 6.45) is -1.52. The van der Waals surface area contributed by atoms with Crippen LogP contribution in [0.15, 0.2) is 30.3 Å². The molecular formula is C29H38F3N11O2. The number of amides is 3. The predicted octanol–water partition coefficient (Wildman–Crippen LogP) is 1.69. The van der Waals surface area contributed by atoms with Crippen LogP contribution < -0.4 is 36.8 Å². The van der Waals surface area contributed by atoms with Crippen LogP contribution in [0.25, 0.3) is 0 Å². The zero-order valence-electron chi connectivity index (χ0n) is 24.8. The first-order valence-corrected chi connectivity index (χ1v) is 14.9. The van der Waals surface area contributed by atoms with Gasteiger partial charge in [-0.1, -0.05) is 12.1 Å². The molecule has 1 aromatic carbocycles. The molecular weight excluding hydrogens is 591 g/mol. The minimum Gasteiger partial charge on any atom is -0.370 e. The predicted molar refractivity (Wildman–Crippen MR) is 162 cm³/mol. The number of rotatable bonds is 12. The zero-order chi connectivity index (χ0) is 32.4. The molecule has 0 radical (unpaired) electrons. The van der Waals surface area contributed by atoms with Gasteiger partial charge in [-0.2, -0.15) is 18.4 Å². The number of carbonyl (C=O) groups is 2. The van der Waals surface area contributed by atoms with Crippen molar-refractivity contribution in [2.24, 2.45) is 11.7 Å². The summed E-state index contributed by atoms with van der Waals surface area (Å²) in [6, 6.07) is 9.68. The molecule has 45 heavy (non-hydrogen) atoms. The van der Waals surface area contributed by atoms with E-state index in [1.54, 1.807) is 17.0 Å². The second kappa shape index (κ2) is 15.3. The summed E-state index contributed by atoms with van der Waals surface area (Å²) in [5.41, 5.74) is 6.69. The van der Waals surface area contributed by atoms with Gasteiger partial charge >= 0.3 is 12.2 Å². The molecule has 3 amide bonds. The molecule has 16 heteroatoms. The van der Waals surface area contributed by atoms with E-state index < -0.39 is 18.0 Å². The Morgan fingerprint density at radius 2 is 1.62 bits per heavy atom. The quantitative estimate of drug-likeness (QED) is 0.115. The number of hydrogen-bond acceptors (Lipinski definition) is 8. The Morgan fingerprint density at radius 1 is 0.956 bits per heavy atom. The fraction of sp³-hybridized carbons (Fsp3) is 0.517. The number of carbonyl (C=O) groups excluding carboxylic acids is 2. The van der Waals surface area contributed by atoms with Crippen molar-refractivity contribution >= 4 is 29.5 Å². The van der Waals surface area contributed by atoms with Crippen LogP contribution in [0.5, 0.6) is 0 Å². The Balaban J connectivity index is 1.29. The number of anilines is 2. The molecule has 242 valence electrons.